The number of hydrogen-bond acceptors (Lipinski definition) is 3. The van der Waals surface area contributed by atoms with Gasteiger partial charge in [0.05, 0.1) is 0 Å². The molecule has 0 aliphatic rings. The number of hydrogen-bond donors (Lipinski definition) is 2. The fourth-order valence-corrected chi connectivity index (χ4v) is 1.31. The van der Waals surface area contributed by atoms with Gasteiger partial charge in [-0.05, 0) is 0 Å². The molecular weight excluding hydrogens is 209 g/mol. The van der Waals surface area contributed by atoms with Gasteiger partial charge >= 0.3 is 0 Å². The van der Waals surface area contributed by atoms with Crippen LogP contribution in [0.2, 0.25) is 10.3 Å². The number of primary amides is 1. The molecule has 1 aromatic rings. The molecule has 4 nitrogen and oxygen atoms in total. The van der Waals surface area contributed by atoms with Crippen molar-refractivity contribution in [2.24, 2.45) is 5.73 Å². The first-order chi connectivity index (χ1) is 5.09. The summed E-state index contributed by atoms with van der Waals surface area (Å²) in [5.74, 6) is 0. The summed E-state index contributed by atoms with van der Waals surface area (Å²) in [7, 11) is 0. The quantitative estimate of drug-likeness (QED) is 0.698. The van der Waals surface area contributed by atoms with Crippen molar-refractivity contribution in [1.82, 2.24) is 9.97 Å². The van der Waals surface area contributed by atoms with E-state index in [1.807, 2.05) is 0 Å². The first kappa shape index (κ1) is 8.70. The van der Waals surface area contributed by atoms with Crippen LogP contribution in [0.5, 0.6) is 0 Å². The van der Waals surface area contributed by atoms with Crippen molar-refractivity contribution in [1.29, 1.82) is 0 Å². The standard InChI is InChI=1S/C4H3Cl2N3OS/c5-1-2(6)9-4(8-1)11-3(7)10/h(H2,7,10)(H,8,9). The number of carbonyl (C=O) groups excluding carboxylic acids is 1. The Morgan fingerprint density at radius 3 is 2.64 bits per heavy atom. The third-order valence-corrected chi connectivity index (χ3v) is 2.03. The number of thioether (sulfide) groups is 1. The Labute approximate surface area is 76.5 Å². The fraction of sp³-hybridized carbons (Fsp3) is 0. The van der Waals surface area contributed by atoms with Gasteiger partial charge in [0.25, 0.3) is 5.24 Å². The van der Waals surface area contributed by atoms with Crippen LogP contribution >= 0.6 is 35.0 Å². The van der Waals surface area contributed by atoms with E-state index < -0.39 is 5.24 Å². The zero-order chi connectivity index (χ0) is 8.43. The van der Waals surface area contributed by atoms with Crippen molar-refractivity contribution in [3.63, 3.8) is 0 Å². The third kappa shape index (κ3) is 2.28. The largest absolute Gasteiger partial charge is 0.360 e. The SMILES string of the molecule is NC(=O)Sc1nc(Cl)c(Cl)[nH]1. The maximum Gasteiger partial charge on any atom is 0.284 e. The topological polar surface area (TPSA) is 71.8 Å². The summed E-state index contributed by atoms with van der Waals surface area (Å²) in [5.41, 5.74) is 4.86. The van der Waals surface area contributed by atoms with Crippen LogP contribution < -0.4 is 5.73 Å². The summed E-state index contributed by atoms with van der Waals surface area (Å²) in [6, 6.07) is 0. The number of imidazole rings is 1. The van der Waals surface area contributed by atoms with E-state index in [1.54, 1.807) is 0 Å². The molecule has 1 heterocycles. The molecule has 3 N–H and O–H groups in total. The summed E-state index contributed by atoms with van der Waals surface area (Å²) in [5, 5.41) is 0.0745. The number of nitrogens with two attached hydrogens (primary N) is 1. The van der Waals surface area contributed by atoms with Crippen LogP contribution in [0.15, 0.2) is 5.16 Å². The number of nitrogens with one attached hydrogen (secondary N) is 1. The van der Waals surface area contributed by atoms with Gasteiger partial charge in [0, 0.05) is 11.8 Å². The highest BCUT2D eigenvalue weighted by molar-refractivity contribution is 8.13. The molecule has 0 saturated carbocycles. The van der Waals surface area contributed by atoms with Gasteiger partial charge in [-0.1, -0.05) is 23.2 Å². The fourth-order valence-electron chi connectivity index (χ4n) is 0.455. The third-order valence-electron chi connectivity index (χ3n) is 0.795. The molecule has 11 heavy (non-hydrogen) atoms. The highest BCUT2D eigenvalue weighted by Gasteiger charge is 2.07. The van der Waals surface area contributed by atoms with Gasteiger partial charge in [0.1, 0.15) is 5.15 Å². The number of aromatic nitrogens is 2. The van der Waals surface area contributed by atoms with Crippen LogP contribution in [0.3, 0.4) is 0 Å². The van der Waals surface area contributed by atoms with Gasteiger partial charge in [-0.3, -0.25) is 4.79 Å². The highest BCUT2D eigenvalue weighted by Crippen LogP contribution is 2.23. The maximum absolute atomic E-state index is 10.3. The molecule has 0 atom stereocenters. The van der Waals surface area contributed by atoms with Crippen molar-refractivity contribution in [3.8, 4) is 0 Å². The van der Waals surface area contributed by atoms with Crippen molar-refractivity contribution in [2.45, 2.75) is 5.16 Å². The van der Waals surface area contributed by atoms with E-state index in [-0.39, 0.29) is 10.3 Å². The average molecular weight is 212 g/mol. The smallest absolute Gasteiger partial charge is 0.284 e. The monoisotopic (exact) mass is 211 g/mol. The number of amides is 1. The van der Waals surface area contributed by atoms with Gasteiger partial charge in [-0.2, -0.15) is 0 Å². The zero-order valence-corrected chi connectivity index (χ0v) is 7.43. The number of H-pyrrole nitrogens is 1. The minimum atomic E-state index is -0.563. The summed E-state index contributed by atoms with van der Waals surface area (Å²) in [6.07, 6.45) is 0. The minimum absolute atomic E-state index is 0.135. The Morgan fingerprint density at radius 1 is 1.64 bits per heavy atom. The highest BCUT2D eigenvalue weighted by atomic mass is 35.5. The molecule has 0 aliphatic carbocycles. The lowest BCUT2D eigenvalue weighted by atomic mass is 10.9. The van der Waals surface area contributed by atoms with E-state index >= 15 is 0 Å². The molecule has 0 aliphatic heterocycles. The van der Waals surface area contributed by atoms with Crippen molar-refractivity contribution >= 4 is 40.2 Å². The number of nitrogens with zero attached hydrogens (tertiary/aromatic N) is 1. The lowest BCUT2D eigenvalue weighted by Crippen LogP contribution is -2.01. The van der Waals surface area contributed by atoms with E-state index in [9.17, 15) is 4.79 Å². The Kier molecular flexibility index (Phi) is 2.64. The molecule has 7 heteroatoms. The molecule has 0 saturated heterocycles. The Balaban J connectivity index is 2.81. The van der Waals surface area contributed by atoms with Gasteiger partial charge in [-0.15, -0.1) is 0 Å². The first-order valence-corrected chi connectivity index (χ1v) is 4.05. The molecule has 0 radical (unpaired) electrons. The number of aromatic amines is 1. The molecule has 0 bridgehead atoms. The second-order valence-electron chi connectivity index (χ2n) is 1.57. The van der Waals surface area contributed by atoms with Gasteiger partial charge in [0.15, 0.2) is 10.3 Å². The molecule has 0 aromatic carbocycles. The van der Waals surface area contributed by atoms with E-state index in [0.717, 1.165) is 11.8 Å². The first-order valence-electron chi connectivity index (χ1n) is 2.48. The molecule has 1 aromatic heterocycles. The Bertz CT molecular complexity index is 267. The van der Waals surface area contributed by atoms with E-state index in [4.69, 9.17) is 28.9 Å². The van der Waals surface area contributed by atoms with Crippen LogP contribution in [-0.2, 0) is 0 Å². The average Bonchev–Trinajstić information content (AvgIpc) is 2.10. The maximum atomic E-state index is 10.3. The summed E-state index contributed by atoms with van der Waals surface area (Å²) < 4.78 is 0. The van der Waals surface area contributed by atoms with E-state index in [2.05, 4.69) is 9.97 Å². The lowest BCUT2D eigenvalue weighted by Gasteiger charge is -1.85. The predicted octanol–water partition coefficient (Wildman–Crippen LogP) is 1.89. The molecule has 0 fully saturated rings. The zero-order valence-electron chi connectivity index (χ0n) is 5.10. The molecule has 1 rings (SSSR count). The summed E-state index contributed by atoms with van der Waals surface area (Å²) >= 11 is 11.7. The van der Waals surface area contributed by atoms with Crippen molar-refractivity contribution in [3.05, 3.63) is 10.3 Å². The van der Waals surface area contributed by atoms with Crippen LogP contribution in [0.1, 0.15) is 0 Å². The molecule has 0 unspecified atom stereocenters. The Hall–Kier alpha value is -0.390. The van der Waals surface area contributed by atoms with Crippen LogP contribution in [0, 0.1) is 0 Å². The van der Waals surface area contributed by atoms with Crippen molar-refractivity contribution in [2.75, 3.05) is 0 Å². The molecule has 60 valence electrons. The number of halogens is 2. The molecular formula is C4H3Cl2N3OS. The van der Waals surface area contributed by atoms with Crippen LogP contribution in [0.25, 0.3) is 0 Å². The predicted molar refractivity (Wildman–Crippen MR) is 44.0 cm³/mol. The second-order valence-corrected chi connectivity index (χ2v) is 3.30. The van der Waals surface area contributed by atoms with Gasteiger partial charge in [0.2, 0.25) is 0 Å². The van der Waals surface area contributed by atoms with E-state index in [0.29, 0.717) is 5.16 Å². The molecule has 0 spiro atoms. The van der Waals surface area contributed by atoms with Crippen LogP contribution in [-0.4, -0.2) is 15.2 Å². The van der Waals surface area contributed by atoms with E-state index in [1.165, 1.54) is 0 Å². The Morgan fingerprint density at radius 2 is 2.27 bits per heavy atom. The second kappa shape index (κ2) is 3.34. The number of carbonyl (C=O) groups is 1. The number of rotatable bonds is 1. The minimum Gasteiger partial charge on any atom is -0.360 e. The normalized spacial score (nSPS) is 10.0. The molecule has 1 amide bonds. The summed E-state index contributed by atoms with van der Waals surface area (Å²) in [4.78, 5) is 16.6. The van der Waals surface area contributed by atoms with Crippen molar-refractivity contribution < 1.29 is 4.79 Å². The van der Waals surface area contributed by atoms with Gasteiger partial charge in [-0.25, -0.2) is 4.98 Å². The van der Waals surface area contributed by atoms with Gasteiger partial charge < -0.3 is 10.7 Å². The van der Waals surface area contributed by atoms with Crippen LogP contribution in [0.4, 0.5) is 4.79 Å². The lowest BCUT2D eigenvalue weighted by molar-refractivity contribution is 0.267. The summed E-state index contributed by atoms with van der Waals surface area (Å²) in [6.45, 7) is 0.